The number of hydrogen-bond acceptors (Lipinski definition) is 7. The van der Waals surface area contributed by atoms with Gasteiger partial charge in [-0.15, -0.1) is 0 Å². The van der Waals surface area contributed by atoms with Crippen molar-refractivity contribution in [1.82, 2.24) is 10.3 Å². The number of hydrogen-bond donors (Lipinski definition) is 4. The quantitative estimate of drug-likeness (QED) is 0.282. The van der Waals surface area contributed by atoms with Gasteiger partial charge in [0.15, 0.2) is 5.82 Å². The molecule has 2 amide bonds. The SMILES string of the molecule is COc1ccc(C(=O)Nc2nc(-c3ccccc3O)cc(-c3cccc(C(=O)NCCN)c3)c2C#N)cc1. The lowest BCUT2D eigenvalue weighted by Crippen LogP contribution is -2.28. The number of nitrogens with one attached hydrogen (secondary N) is 2. The minimum atomic E-state index is -0.480. The number of aromatic nitrogens is 1. The first-order valence-corrected chi connectivity index (χ1v) is 11.7. The molecule has 0 bridgehead atoms. The normalized spacial score (nSPS) is 10.3. The van der Waals surface area contributed by atoms with Crippen molar-refractivity contribution in [3.63, 3.8) is 0 Å². The lowest BCUT2D eigenvalue weighted by molar-refractivity contribution is 0.0954. The highest BCUT2D eigenvalue weighted by atomic mass is 16.5. The van der Waals surface area contributed by atoms with Crippen molar-refractivity contribution in [3.05, 3.63) is 95.6 Å². The summed E-state index contributed by atoms with van der Waals surface area (Å²) in [7, 11) is 1.53. The molecule has 0 aliphatic heterocycles. The zero-order valence-electron chi connectivity index (χ0n) is 20.6. The maximum absolute atomic E-state index is 13.1. The molecule has 0 atom stereocenters. The van der Waals surface area contributed by atoms with E-state index in [2.05, 4.69) is 21.7 Å². The summed E-state index contributed by atoms with van der Waals surface area (Å²) in [6, 6.07) is 23.6. The molecule has 0 aliphatic carbocycles. The van der Waals surface area contributed by atoms with Gasteiger partial charge >= 0.3 is 0 Å². The topological polar surface area (TPSA) is 150 Å². The molecule has 0 saturated heterocycles. The second-order valence-corrected chi connectivity index (χ2v) is 8.22. The highest BCUT2D eigenvalue weighted by Gasteiger charge is 2.20. The Morgan fingerprint density at radius 2 is 1.74 bits per heavy atom. The number of anilines is 1. The molecule has 9 nitrogen and oxygen atoms in total. The van der Waals surface area contributed by atoms with Gasteiger partial charge < -0.3 is 26.2 Å². The van der Waals surface area contributed by atoms with Crippen molar-refractivity contribution in [3.8, 4) is 40.0 Å². The van der Waals surface area contributed by atoms with E-state index in [1.165, 1.54) is 13.2 Å². The van der Waals surface area contributed by atoms with Crippen LogP contribution in [0.3, 0.4) is 0 Å². The van der Waals surface area contributed by atoms with Gasteiger partial charge in [-0.1, -0.05) is 24.3 Å². The van der Waals surface area contributed by atoms with E-state index < -0.39 is 5.91 Å². The molecule has 9 heteroatoms. The Morgan fingerprint density at radius 3 is 2.42 bits per heavy atom. The van der Waals surface area contributed by atoms with E-state index in [0.29, 0.717) is 52.4 Å². The first-order valence-electron chi connectivity index (χ1n) is 11.7. The van der Waals surface area contributed by atoms with E-state index in [-0.39, 0.29) is 23.0 Å². The number of aromatic hydroxyl groups is 1. The first-order chi connectivity index (χ1) is 18.4. The summed E-state index contributed by atoms with van der Waals surface area (Å²) < 4.78 is 5.15. The fourth-order valence-electron chi connectivity index (χ4n) is 3.84. The average molecular weight is 508 g/mol. The molecular weight excluding hydrogens is 482 g/mol. The number of phenols is 1. The molecule has 1 aromatic heterocycles. The third-order valence-electron chi connectivity index (χ3n) is 5.76. The first kappa shape index (κ1) is 25.9. The Morgan fingerprint density at radius 1 is 0.974 bits per heavy atom. The predicted molar refractivity (Wildman–Crippen MR) is 144 cm³/mol. The molecule has 0 aliphatic rings. The van der Waals surface area contributed by atoms with Crippen LogP contribution in [0, 0.1) is 11.3 Å². The van der Waals surface area contributed by atoms with Crippen LogP contribution in [0.15, 0.2) is 78.9 Å². The van der Waals surface area contributed by atoms with Crippen LogP contribution in [0.5, 0.6) is 11.5 Å². The van der Waals surface area contributed by atoms with Crippen LogP contribution >= 0.6 is 0 Å². The number of pyridine rings is 1. The number of phenolic OH excluding ortho intramolecular Hbond substituents is 1. The fourth-order valence-corrected chi connectivity index (χ4v) is 3.84. The third-order valence-corrected chi connectivity index (χ3v) is 5.76. The Bertz CT molecular complexity index is 1530. The van der Waals surface area contributed by atoms with Crippen LogP contribution in [0.2, 0.25) is 0 Å². The van der Waals surface area contributed by atoms with E-state index in [1.807, 2.05) is 0 Å². The monoisotopic (exact) mass is 507 g/mol. The molecule has 5 N–H and O–H groups in total. The summed E-state index contributed by atoms with van der Waals surface area (Å²) in [5.74, 6) is -0.192. The van der Waals surface area contributed by atoms with Gasteiger partial charge in [0.2, 0.25) is 0 Å². The number of amides is 2. The molecule has 0 radical (unpaired) electrons. The van der Waals surface area contributed by atoms with E-state index in [0.717, 1.165) is 0 Å². The number of nitriles is 1. The lowest BCUT2D eigenvalue weighted by atomic mass is 9.96. The van der Waals surface area contributed by atoms with Gasteiger partial charge in [0, 0.05) is 35.3 Å². The molecule has 4 aromatic rings. The van der Waals surface area contributed by atoms with Crippen molar-refractivity contribution < 1.29 is 19.4 Å². The highest BCUT2D eigenvalue weighted by molar-refractivity contribution is 6.05. The Balaban J connectivity index is 1.84. The van der Waals surface area contributed by atoms with Crippen LogP contribution in [0.25, 0.3) is 22.4 Å². The fraction of sp³-hybridized carbons (Fsp3) is 0.103. The van der Waals surface area contributed by atoms with Crippen LogP contribution in [-0.2, 0) is 0 Å². The summed E-state index contributed by atoms with van der Waals surface area (Å²) in [5.41, 5.74) is 8.04. The zero-order chi connectivity index (χ0) is 27.1. The third kappa shape index (κ3) is 5.61. The van der Waals surface area contributed by atoms with Crippen LogP contribution in [-0.4, -0.2) is 42.1 Å². The van der Waals surface area contributed by atoms with Crippen molar-refractivity contribution in [2.75, 3.05) is 25.5 Å². The van der Waals surface area contributed by atoms with E-state index in [4.69, 9.17) is 10.5 Å². The Labute approximate surface area is 219 Å². The van der Waals surface area contributed by atoms with E-state index in [9.17, 15) is 20.0 Å². The number of rotatable bonds is 8. The molecule has 190 valence electrons. The summed E-state index contributed by atoms with van der Waals surface area (Å²) in [5, 5.41) is 26.1. The van der Waals surface area contributed by atoms with Gasteiger partial charge in [-0.2, -0.15) is 5.26 Å². The van der Waals surface area contributed by atoms with Crippen molar-refractivity contribution in [1.29, 1.82) is 5.26 Å². The van der Waals surface area contributed by atoms with E-state index in [1.54, 1.807) is 72.8 Å². The molecule has 4 rings (SSSR count). The van der Waals surface area contributed by atoms with Gasteiger partial charge in [0.05, 0.1) is 12.8 Å². The summed E-state index contributed by atoms with van der Waals surface area (Å²) in [4.78, 5) is 30.1. The molecule has 0 fully saturated rings. The average Bonchev–Trinajstić information content (AvgIpc) is 2.95. The highest BCUT2D eigenvalue weighted by Crippen LogP contribution is 2.35. The Hall–Kier alpha value is -5.20. The number of nitrogens with zero attached hydrogens (tertiary/aromatic N) is 2. The van der Waals surface area contributed by atoms with Crippen molar-refractivity contribution in [2.45, 2.75) is 0 Å². The number of ether oxygens (including phenoxy) is 1. The number of benzene rings is 3. The van der Waals surface area contributed by atoms with Gasteiger partial charge in [0.1, 0.15) is 23.1 Å². The molecule has 38 heavy (non-hydrogen) atoms. The van der Waals surface area contributed by atoms with Gasteiger partial charge in [-0.25, -0.2) is 4.98 Å². The van der Waals surface area contributed by atoms with Gasteiger partial charge in [-0.3, -0.25) is 9.59 Å². The summed E-state index contributed by atoms with van der Waals surface area (Å²) in [6.45, 7) is 0.621. The number of nitrogens with two attached hydrogens (primary N) is 1. The van der Waals surface area contributed by atoms with Crippen LogP contribution < -0.4 is 21.1 Å². The molecule has 0 spiro atoms. The second-order valence-electron chi connectivity index (χ2n) is 8.22. The van der Waals surface area contributed by atoms with Crippen molar-refractivity contribution >= 4 is 17.6 Å². The minimum absolute atomic E-state index is 0.0157. The number of carbonyl (C=O) groups excluding carboxylic acids is 2. The van der Waals surface area contributed by atoms with Gasteiger partial charge in [-0.05, 0) is 60.2 Å². The van der Waals surface area contributed by atoms with Gasteiger partial charge in [0.25, 0.3) is 11.8 Å². The number of carbonyl (C=O) groups is 2. The minimum Gasteiger partial charge on any atom is -0.507 e. The molecule has 3 aromatic carbocycles. The second kappa shape index (κ2) is 11.7. The van der Waals surface area contributed by atoms with Crippen molar-refractivity contribution in [2.24, 2.45) is 5.73 Å². The smallest absolute Gasteiger partial charge is 0.256 e. The maximum atomic E-state index is 13.1. The standard InChI is InChI=1S/C29H25N5O4/c1-38-21-11-9-18(10-12-21)29(37)34-27-24(17-31)23(16-25(33-27)22-7-2-3-8-26(22)35)19-5-4-6-20(15-19)28(36)32-14-13-30/h2-12,15-16,35H,13-14,30H2,1H3,(H,32,36)(H,33,34,37). The Kier molecular flexibility index (Phi) is 7.96. The molecule has 1 heterocycles. The molecular formula is C29H25N5O4. The number of methoxy groups -OCH3 is 1. The van der Waals surface area contributed by atoms with E-state index >= 15 is 0 Å². The van der Waals surface area contributed by atoms with Crippen LogP contribution in [0.1, 0.15) is 26.3 Å². The number of para-hydroxylation sites is 1. The molecule has 0 saturated carbocycles. The largest absolute Gasteiger partial charge is 0.507 e. The summed E-state index contributed by atoms with van der Waals surface area (Å²) in [6.07, 6.45) is 0. The summed E-state index contributed by atoms with van der Waals surface area (Å²) >= 11 is 0. The zero-order valence-corrected chi connectivity index (χ0v) is 20.6. The predicted octanol–water partition coefficient (Wildman–Crippen LogP) is 3.94. The maximum Gasteiger partial charge on any atom is 0.256 e. The lowest BCUT2D eigenvalue weighted by Gasteiger charge is -2.15. The van der Waals surface area contributed by atoms with Crippen LogP contribution in [0.4, 0.5) is 5.82 Å². The molecule has 0 unspecified atom stereocenters.